The van der Waals surface area contributed by atoms with Crippen LogP contribution in [0, 0.1) is 0 Å². The summed E-state index contributed by atoms with van der Waals surface area (Å²) < 4.78 is 12.5. The lowest BCUT2D eigenvalue weighted by Crippen LogP contribution is -2.14. The van der Waals surface area contributed by atoms with Crippen LogP contribution in [0.15, 0.2) is 35.1 Å². The highest BCUT2D eigenvalue weighted by Crippen LogP contribution is 2.38. The minimum absolute atomic E-state index is 0.0347. The quantitative estimate of drug-likeness (QED) is 0.115. The number of aryl methyl sites for hydroxylation is 1. The molecule has 3 rings (SSSR count). The van der Waals surface area contributed by atoms with Gasteiger partial charge < -0.3 is 29.4 Å². The summed E-state index contributed by atoms with van der Waals surface area (Å²) in [6.45, 7) is 2.80. The fraction of sp³-hybridized carbons (Fsp3) is 0.571. The Morgan fingerprint density at radius 2 is 1.21 bits per heavy atom. The highest BCUT2D eigenvalue weighted by Gasteiger charge is 2.22. The van der Waals surface area contributed by atoms with Gasteiger partial charge in [-0.2, -0.15) is 0 Å². The number of rotatable bonds is 20. The summed E-state index contributed by atoms with van der Waals surface area (Å²) in [6.07, 6.45) is 20.4. The number of aromatic hydroxyl groups is 3. The first kappa shape index (κ1) is 33.2. The minimum Gasteiger partial charge on any atom is -0.507 e. The zero-order valence-corrected chi connectivity index (χ0v) is 25.9. The van der Waals surface area contributed by atoms with Crippen LogP contribution in [-0.4, -0.2) is 34.1 Å². The van der Waals surface area contributed by atoms with E-state index < -0.39 is 11.2 Å². The first-order chi connectivity index (χ1) is 20.4. The van der Waals surface area contributed by atoms with Crippen molar-refractivity contribution in [3.63, 3.8) is 0 Å². The van der Waals surface area contributed by atoms with Crippen molar-refractivity contribution >= 4 is 10.9 Å². The summed E-state index contributed by atoms with van der Waals surface area (Å²) in [4.78, 5) is 13.2. The smallest absolute Gasteiger partial charge is 0.235 e. The molecule has 0 aliphatic carbocycles. The molecule has 0 atom stereocenters. The number of nitrogens with zero attached hydrogens (tertiary/aromatic N) is 1. The standard InChI is InChI=1S/C35H51NO6/c1-4-5-6-7-8-9-10-11-12-13-14-15-16-17-18-19-22-36-28-24-27(41-2)25-30(38)32(28)34(39)35(40)33(36)26-20-21-29(37)31(23-26)42-3/h20-21,23-25,37-38,40H,4-19,22H2,1-3H3. The number of phenols is 2. The van der Waals surface area contributed by atoms with Crippen LogP contribution >= 0.6 is 0 Å². The zero-order valence-electron chi connectivity index (χ0n) is 25.9. The van der Waals surface area contributed by atoms with Gasteiger partial charge >= 0.3 is 0 Å². The molecule has 0 amide bonds. The van der Waals surface area contributed by atoms with Gasteiger partial charge in [-0.15, -0.1) is 0 Å². The Morgan fingerprint density at radius 1 is 0.667 bits per heavy atom. The van der Waals surface area contributed by atoms with Gasteiger partial charge in [0.15, 0.2) is 17.2 Å². The highest BCUT2D eigenvalue weighted by atomic mass is 16.5. The number of aromatic nitrogens is 1. The third-order valence-corrected chi connectivity index (χ3v) is 8.22. The molecule has 232 valence electrons. The average Bonchev–Trinajstić information content (AvgIpc) is 2.99. The van der Waals surface area contributed by atoms with Gasteiger partial charge in [0.05, 0.1) is 30.8 Å². The molecule has 0 spiro atoms. The molecule has 3 aromatic rings. The van der Waals surface area contributed by atoms with E-state index in [1.807, 2.05) is 4.57 Å². The largest absolute Gasteiger partial charge is 0.507 e. The van der Waals surface area contributed by atoms with Crippen LogP contribution in [0.1, 0.15) is 110 Å². The van der Waals surface area contributed by atoms with E-state index in [2.05, 4.69) is 6.92 Å². The van der Waals surface area contributed by atoms with Crippen molar-refractivity contribution in [1.82, 2.24) is 4.57 Å². The van der Waals surface area contributed by atoms with Crippen LogP contribution in [0.25, 0.3) is 22.2 Å². The molecule has 0 unspecified atom stereocenters. The van der Waals surface area contributed by atoms with E-state index >= 15 is 0 Å². The van der Waals surface area contributed by atoms with Gasteiger partial charge in [-0.05, 0) is 24.6 Å². The van der Waals surface area contributed by atoms with Crippen LogP contribution in [0.4, 0.5) is 0 Å². The first-order valence-electron chi connectivity index (χ1n) is 16.0. The Bertz CT molecular complexity index is 1320. The summed E-state index contributed by atoms with van der Waals surface area (Å²) in [7, 11) is 2.95. The molecule has 0 radical (unpaired) electrons. The Hall–Kier alpha value is -3.35. The Kier molecular flexibility index (Phi) is 13.9. The third-order valence-electron chi connectivity index (χ3n) is 8.22. The van der Waals surface area contributed by atoms with Gasteiger partial charge in [-0.3, -0.25) is 4.79 Å². The van der Waals surface area contributed by atoms with Crippen molar-refractivity contribution in [2.75, 3.05) is 14.2 Å². The van der Waals surface area contributed by atoms with Gasteiger partial charge in [0.25, 0.3) is 0 Å². The van der Waals surface area contributed by atoms with Crippen LogP contribution in [0.3, 0.4) is 0 Å². The Balaban J connectivity index is 1.59. The summed E-state index contributed by atoms with van der Waals surface area (Å²) >= 11 is 0. The fourth-order valence-corrected chi connectivity index (χ4v) is 5.79. The number of phenolic OH excluding ortho intramolecular Hbond substituents is 2. The van der Waals surface area contributed by atoms with Gasteiger partial charge in [0.2, 0.25) is 5.43 Å². The van der Waals surface area contributed by atoms with E-state index in [-0.39, 0.29) is 22.6 Å². The van der Waals surface area contributed by atoms with E-state index in [0.717, 1.165) is 19.3 Å². The first-order valence-corrected chi connectivity index (χ1v) is 16.0. The minimum atomic E-state index is -0.657. The number of fused-ring (bicyclic) bond motifs is 1. The molecule has 42 heavy (non-hydrogen) atoms. The van der Waals surface area contributed by atoms with Crippen molar-refractivity contribution in [3.8, 4) is 40.0 Å². The van der Waals surface area contributed by atoms with Gasteiger partial charge in [0.1, 0.15) is 11.5 Å². The number of hydrogen-bond donors (Lipinski definition) is 3. The Morgan fingerprint density at radius 3 is 1.74 bits per heavy atom. The third kappa shape index (κ3) is 9.07. The lowest BCUT2D eigenvalue weighted by atomic mass is 10.0. The van der Waals surface area contributed by atoms with Crippen molar-refractivity contribution in [2.24, 2.45) is 0 Å². The van der Waals surface area contributed by atoms with Crippen molar-refractivity contribution in [3.05, 3.63) is 40.6 Å². The predicted octanol–water partition coefficient (Wildman–Crippen LogP) is 9.06. The number of methoxy groups -OCH3 is 2. The van der Waals surface area contributed by atoms with Crippen molar-refractivity contribution in [1.29, 1.82) is 0 Å². The van der Waals surface area contributed by atoms with E-state index in [1.54, 1.807) is 18.2 Å². The topological polar surface area (TPSA) is 101 Å². The van der Waals surface area contributed by atoms with E-state index in [4.69, 9.17) is 9.47 Å². The molecule has 0 fully saturated rings. The maximum Gasteiger partial charge on any atom is 0.235 e. The molecule has 7 heteroatoms. The maximum atomic E-state index is 13.2. The number of unbranched alkanes of at least 4 members (excludes halogenated alkanes) is 15. The molecular weight excluding hydrogens is 530 g/mol. The van der Waals surface area contributed by atoms with Crippen LogP contribution in [0.5, 0.6) is 28.7 Å². The van der Waals surface area contributed by atoms with Gasteiger partial charge in [-0.1, -0.05) is 103 Å². The summed E-state index contributed by atoms with van der Waals surface area (Å²) in [5, 5.41) is 31.9. The summed E-state index contributed by atoms with van der Waals surface area (Å²) in [5.74, 6) is -0.0677. The summed E-state index contributed by atoms with van der Waals surface area (Å²) in [6, 6.07) is 7.81. The lowest BCUT2D eigenvalue weighted by molar-refractivity contribution is 0.373. The molecule has 1 aromatic heterocycles. The number of ether oxygens (including phenoxy) is 2. The van der Waals surface area contributed by atoms with Crippen LogP contribution in [-0.2, 0) is 6.54 Å². The van der Waals surface area contributed by atoms with E-state index in [0.29, 0.717) is 29.1 Å². The molecular formula is C35H51NO6. The fourth-order valence-electron chi connectivity index (χ4n) is 5.79. The molecule has 0 saturated carbocycles. The van der Waals surface area contributed by atoms with Crippen LogP contribution < -0.4 is 14.9 Å². The molecule has 7 nitrogen and oxygen atoms in total. The molecule has 0 aliphatic heterocycles. The second-order valence-corrected chi connectivity index (χ2v) is 11.4. The molecule has 0 aliphatic rings. The SMILES string of the molecule is CCCCCCCCCCCCCCCCCCn1c(-c2ccc(O)c(OC)c2)c(O)c(=O)c2c(O)cc(OC)cc21. The second-order valence-electron chi connectivity index (χ2n) is 11.4. The maximum absolute atomic E-state index is 13.2. The van der Waals surface area contributed by atoms with Crippen molar-refractivity contribution in [2.45, 2.75) is 116 Å². The number of benzene rings is 2. The monoisotopic (exact) mass is 581 g/mol. The summed E-state index contributed by atoms with van der Waals surface area (Å²) in [5.41, 5.74) is 0.674. The molecule has 1 heterocycles. The molecule has 0 saturated heterocycles. The van der Waals surface area contributed by atoms with E-state index in [9.17, 15) is 20.1 Å². The molecule has 2 aromatic carbocycles. The normalized spacial score (nSPS) is 11.3. The van der Waals surface area contributed by atoms with Gasteiger partial charge in [-0.25, -0.2) is 0 Å². The molecule has 0 bridgehead atoms. The van der Waals surface area contributed by atoms with Crippen LogP contribution in [0.2, 0.25) is 0 Å². The molecule has 3 N–H and O–H groups in total. The Labute approximate surface area is 251 Å². The number of pyridine rings is 1. The predicted molar refractivity (Wildman–Crippen MR) is 171 cm³/mol. The van der Waals surface area contributed by atoms with Crippen molar-refractivity contribution < 1.29 is 24.8 Å². The average molecular weight is 582 g/mol. The number of hydrogen-bond acceptors (Lipinski definition) is 6. The van der Waals surface area contributed by atoms with E-state index in [1.165, 1.54) is 110 Å². The highest BCUT2D eigenvalue weighted by molar-refractivity contribution is 5.91. The lowest BCUT2D eigenvalue weighted by Gasteiger charge is -2.20. The zero-order chi connectivity index (χ0) is 30.3. The second kappa shape index (κ2) is 17.6. The van der Waals surface area contributed by atoms with Gasteiger partial charge in [0, 0.05) is 24.2 Å².